The highest BCUT2D eigenvalue weighted by molar-refractivity contribution is 6.31. The van der Waals surface area contributed by atoms with Crippen LogP contribution in [-0.2, 0) is 10.2 Å². The minimum Gasteiger partial charge on any atom is -0.464 e. The summed E-state index contributed by atoms with van der Waals surface area (Å²) in [6.45, 7) is -1.36. The molecule has 0 saturated heterocycles. The summed E-state index contributed by atoms with van der Waals surface area (Å²) in [5.41, 5.74) is -1.30. The van der Waals surface area contributed by atoms with Crippen molar-refractivity contribution in [2.45, 2.75) is 5.41 Å². The molecule has 2 rings (SSSR count). The number of carboxylic acid groups (broad SMARTS) is 1. The monoisotopic (exact) mass is 271 g/mol. The van der Waals surface area contributed by atoms with Crippen molar-refractivity contribution in [3.63, 3.8) is 0 Å². The number of hydrogen-bond donors (Lipinski definition) is 3. The van der Waals surface area contributed by atoms with E-state index in [1.165, 1.54) is 18.2 Å². The highest BCUT2D eigenvalue weighted by Gasteiger charge is 2.52. The Morgan fingerprint density at radius 1 is 1.33 bits per heavy atom. The van der Waals surface area contributed by atoms with E-state index >= 15 is 0 Å². The van der Waals surface area contributed by atoms with Crippen LogP contribution in [-0.4, -0.2) is 40.5 Å². The molecule has 1 aromatic carbocycles. The van der Waals surface area contributed by atoms with Crippen molar-refractivity contribution >= 4 is 29.3 Å². The van der Waals surface area contributed by atoms with E-state index in [4.69, 9.17) is 16.7 Å². The molecule has 1 aliphatic heterocycles. The SMILES string of the molecule is O=C(O)N1C(=O)C(CO)(CO)c2ccc(Cl)cc21. The number of halogens is 1. The van der Waals surface area contributed by atoms with Gasteiger partial charge in [0.15, 0.2) is 0 Å². The van der Waals surface area contributed by atoms with Gasteiger partial charge in [0.25, 0.3) is 5.91 Å². The second-order valence-corrected chi connectivity index (χ2v) is 4.42. The van der Waals surface area contributed by atoms with Crippen molar-refractivity contribution in [1.82, 2.24) is 0 Å². The second kappa shape index (κ2) is 4.24. The number of nitrogens with zero attached hydrogens (tertiary/aromatic N) is 1. The Bertz CT molecular complexity index is 526. The molecule has 7 heteroatoms. The normalized spacial score (nSPS) is 16.8. The molecule has 96 valence electrons. The number of carbonyl (C=O) groups excluding carboxylic acids is 1. The lowest BCUT2D eigenvalue weighted by Gasteiger charge is -2.22. The standard InChI is InChI=1S/C11H10ClNO5/c12-6-1-2-7-8(3-6)13(10(17)18)9(16)11(7,4-14)5-15/h1-3,14-15H,4-5H2,(H,17,18). The van der Waals surface area contributed by atoms with Gasteiger partial charge in [-0.15, -0.1) is 0 Å². The lowest BCUT2D eigenvalue weighted by molar-refractivity contribution is -0.125. The summed E-state index contributed by atoms with van der Waals surface area (Å²) in [7, 11) is 0. The van der Waals surface area contributed by atoms with Crippen LogP contribution in [0, 0.1) is 0 Å². The number of benzene rings is 1. The molecule has 0 unspecified atom stereocenters. The first kappa shape index (κ1) is 12.8. The summed E-state index contributed by atoms with van der Waals surface area (Å²) in [6, 6.07) is 4.22. The van der Waals surface area contributed by atoms with E-state index in [1.807, 2.05) is 0 Å². The van der Waals surface area contributed by atoms with Gasteiger partial charge in [0.2, 0.25) is 0 Å². The first-order chi connectivity index (χ1) is 8.47. The number of carbonyl (C=O) groups is 2. The Morgan fingerprint density at radius 2 is 1.94 bits per heavy atom. The quantitative estimate of drug-likeness (QED) is 0.731. The summed E-state index contributed by atoms with van der Waals surface area (Å²) >= 11 is 5.76. The van der Waals surface area contributed by atoms with Gasteiger partial charge in [0, 0.05) is 5.02 Å². The number of anilines is 1. The highest BCUT2D eigenvalue weighted by Crippen LogP contribution is 2.42. The fourth-order valence-electron chi connectivity index (χ4n) is 2.08. The molecule has 0 fully saturated rings. The Morgan fingerprint density at radius 3 is 2.44 bits per heavy atom. The van der Waals surface area contributed by atoms with Crippen LogP contribution in [0.4, 0.5) is 10.5 Å². The van der Waals surface area contributed by atoms with E-state index < -0.39 is 30.6 Å². The van der Waals surface area contributed by atoms with E-state index in [-0.39, 0.29) is 16.3 Å². The maximum absolute atomic E-state index is 12.1. The minimum atomic E-state index is -1.63. The topological polar surface area (TPSA) is 98.1 Å². The molecule has 0 bridgehead atoms. The summed E-state index contributed by atoms with van der Waals surface area (Å²) in [5.74, 6) is -0.878. The van der Waals surface area contributed by atoms with E-state index in [0.29, 0.717) is 4.90 Å². The molecule has 3 N–H and O–H groups in total. The number of hydrogen-bond acceptors (Lipinski definition) is 4. The summed E-state index contributed by atoms with van der Waals surface area (Å²) in [6.07, 6.45) is -1.48. The number of aliphatic hydroxyl groups excluding tert-OH is 2. The summed E-state index contributed by atoms with van der Waals surface area (Å²) in [5, 5.41) is 28.0. The van der Waals surface area contributed by atoms with Crippen molar-refractivity contribution in [2.24, 2.45) is 0 Å². The smallest absolute Gasteiger partial charge is 0.418 e. The van der Waals surface area contributed by atoms with Gasteiger partial charge >= 0.3 is 6.09 Å². The molecule has 0 atom stereocenters. The Balaban J connectivity index is 2.72. The molecule has 1 aromatic rings. The van der Waals surface area contributed by atoms with Crippen LogP contribution >= 0.6 is 11.6 Å². The molecule has 0 aromatic heterocycles. The molecular weight excluding hydrogens is 262 g/mol. The third kappa shape index (κ3) is 1.50. The zero-order valence-corrected chi connectivity index (χ0v) is 9.89. The molecule has 1 aliphatic rings. The predicted octanol–water partition coefficient (Wildman–Crippen LogP) is 0.587. The van der Waals surface area contributed by atoms with Crippen molar-refractivity contribution in [1.29, 1.82) is 0 Å². The third-order valence-corrected chi connectivity index (χ3v) is 3.29. The second-order valence-electron chi connectivity index (χ2n) is 3.98. The van der Waals surface area contributed by atoms with Crippen LogP contribution in [0.1, 0.15) is 5.56 Å². The van der Waals surface area contributed by atoms with Crippen LogP contribution in [0.3, 0.4) is 0 Å². The number of fused-ring (bicyclic) bond motifs is 1. The van der Waals surface area contributed by atoms with E-state index in [0.717, 1.165) is 0 Å². The molecule has 2 amide bonds. The van der Waals surface area contributed by atoms with Crippen LogP contribution in [0.5, 0.6) is 0 Å². The molecule has 18 heavy (non-hydrogen) atoms. The van der Waals surface area contributed by atoms with E-state index in [9.17, 15) is 19.8 Å². The van der Waals surface area contributed by atoms with Gasteiger partial charge in [-0.05, 0) is 17.7 Å². The van der Waals surface area contributed by atoms with Gasteiger partial charge in [-0.1, -0.05) is 17.7 Å². The van der Waals surface area contributed by atoms with Gasteiger partial charge in [0.05, 0.1) is 18.9 Å². The van der Waals surface area contributed by atoms with E-state index in [1.54, 1.807) is 0 Å². The number of amides is 2. The zero-order valence-electron chi connectivity index (χ0n) is 9.13. The van der Waals surface area contributed by atoms with Gasteiger partial charge in [-0.25, -0.2) is 9.69 Å². The molecule has 0 aliphatic carbocycles. The molecular formula is C11H10ClNO5. The van der Waals surface area contributed by atoms with Crippen molar-refractivity contribution in [2.75, 3.05) is 18.1 Å². The maximum atomic E-state index is 12.1. The first-order valence-corrected chi connectivity index (χ1v) is 5.45. The van der Waals surface area contributed by atoms with Gasteiger partial charge in [-0.3, -0.25) is 4.79 Å². The van der Waals surface area contributed by atoms with Gasteiger partial charge < -0.3 is 15.3 Å². The first-order valence-electron chi connectivity index (χ1n) is 5.07. The maximum Gasteiger partial charge on any atom is 0.418 e. The highest BCUT2D eigenvalue weighted by atomic mass is 35.5. The average molecular weight is 272 g/mol. The number of rotatable bonds is 2. The summed E-state index contributed by atoms with van der Waals surface area (Å²) < 4.78 is 0. The zero-order chi connectivity index (χ0) is 13.5. The van der Waals surface area contributed by atoms with Crippen molar-refractivity contribution in [3.8, 4) is 0 Å². The fraction of sp³-hybridized carbons (Fsp3) is 0.273. The minimum absolute atomic E-state index is 0.0723. The van der Waals surface area contributed by atoms with E-state index in [2.05, 4.69) is 0 Å². The number of imide groups is 1. The molecule has 0 radical (unpaired) electrons. The summed E-state index contributed by atoms with van der Waals surface area (Å²) in [4.78, 5) is 23.7. The Kier molecular flexibility index (Phi) is 3.02. The predicted molar refractivity (Wildman–Crippen MR) is 62.8 cm³/mol. The molecule has 0 saturated carbocycles. The largest absolute Gasteiger partial charge is 0.464 e. The fourth-order valence-corrected chi connectivity index (χ4v) is 2.24. The van der Waals surface area contributed by atoms with Crippen LogP contribution in [0.25, 0.3) is 0 Å². The Labute approximate surface area is 107 Å². The molecule has 1 heterocycles. The third-order valence-electron chi connectivity index (χ3n) is 3.06. The average Bonchev–Trinajstić information content (AvgIpc) is 2.57. The molecule has 6 nitrogen and oxygen atoms in total. The lowest BCUT2D eigenvalue weighted by atomic mass is 9.83. The van der Waals surface area contributed by atoms with Crippen LogP contribution < -0.4 is 4.90 Å². The van der Waals surface area contributed by atoms with Crippen molar-refractivity contribution in [3.05, 3.63) is 28.8 Å². The van der Waals surface area contributed by atoms with Gasteiger partial charge in [-0.2, -0.15) is 0 Å². The van der Waals surface area contributed by atoms with Crippen LogP contribution in [0.15, 0.2) is 18.2 Å². The van der Waals surface area contributed by atoms with Crippen molar-refractivity contribution < 1.29 is 24.9 Å². The number of aliphatic hydroxyl groups is 2. The molecule has 0 spiro atoms. The van der Waals surface area contributed by atoms with Gasteiger partial charge in [0.1, 0.15) is 5.41 Å². The Hall–Kier alpha value is -1.63. The van der Waals surface area contributed by atoms with Crippen LogP contribution in [0.2, 0.25) is 5.02 Å². The lowest BCUT2D eigenvalue weighted by Crippen LogP contribution is -2.47.